The van der Waals surface area contributed by atoms with Gasteiger partial charge in [-0.1, -0.05) is 6.07 Å². The highest BCUT2D eigenvalue weighted by Crippen LogP contribution is 2.39. The molecule has 1 aromatic carbocycles. The van der Waals surface area contributed by atoms with Gasteiger partial charge in [0.25, 0.3) is 0 Å². The van der Waals surface area contributed by atoms with Crippen LogP contribution in [0.4, 0.5) is 0 Å². The number of carbonyl (C=O) groups is 1. The molecule has 0 aliphatic carbocycles. The molecule has 7 heteroatoms. The van der Waals surface area contributed by atoms with E-state index in [9.17, 15) is 4.79 Å². The van der Waals surface area contributed by atoms with E-state index in [-0.39, 0.29) is 11.8 Å². The van der Waals surface area contributed by atoms with Crippen molar-refractivity contribution in [3.8, 4) is 22.8 Å². The van der Waals surface area contributed by atoms with Crippen molar-refractivity contribution in [3.05, 3.63) is 30.0 Å². The fourth-order valence-electron chi connectivity index (χ4n) is 3.24. The van der Waals surface area contributed by atoms with Crippen molar-refractivity contribution in [2.24, 2.45) is 7.05 Å². The molecule has 0 radical (unpaired) electrons. The lowest BCUT2D eigenvalue weighted by molar-refractivity contribution is 0.0689. The third kappa shape index (κ3) is 3.61. The molecular weight excluding hydrogens is 322 g/mol. The molecule has 1 atom stereocenters. The lowest BCUT2D eigenvalue weighted by atomic mass is 10.1. The van der Waals surface area contributed by atoms with Crippen molar-refractivity contribution in [2.75, 3.05) is 27.2 Å². The topological polar surface area (TPSA) is 76.8 Å². The molecule has 1 aliphatic rings. The van der Waals surface area contributed by atoms with Gasteiger partial charge >= 0.3 is 5.97 Å². The number of likely N-dealkylation sites (N-methyl/N-ethyl adjacent to an activating group) is 1. The van der Waals surface area contributed by atoms with Crippen LogP contribution in [0.3, 0.4) is 0 Å². The van der Waals surface area contributed by atoms with Crippen LogP contribution >= 0.6 is 0 Å². The van der Waals surface area contributed by atoms with E-state index in [4.69, 9.17) is 14.6 Å². The Hall–Kier alpha value is -2.54. The lowest BCUT2D eigenvalue weighted by Crippen LogP contribution is -2.38. The van der Waals surface area contributed by atoms with Crippen molar-refractivity contribution in [3.63, 3.8) is 0 Å². The van der Waals surface area contributed by atoms with E-state index in [0.717, 1.165) is 31.5 Å². The number of aromatic nitrogens is 2. The number of methoxy groups -OCH3 is 1. The zero-order chi connectivity index (χ0) is 18.0. The molecule has 0 spiro atoms. The Labute approximate surface area is 146 Å². The number of hydrogen-bond donors (Lipinski definition) is 1. The number of likely N-dealkylation sites (tertiary alicyclic amines) is 1. The van der Waals surface area contributed by atoms with Crippen LogP contribution in [0.2, 0.25) is 0 Å². The number of aryl methyl sites for hydroxylation is 1. The summed E-state index contributed by atoms with van der Waals surface area (Å²) < 4.78 is 13.3. The highest BCUT2D eigenvalue weighted by Gasteiger charge is 2.23. The molecule has 25 heavy (non-hydrogen) atoms. The molecule has 0 bridgehead atoms. The largest absolute Gasteiger partial charge is 0.492 e. The molecule has 2 aromatic rings. The van der Waals surface area contributed by atoms with Gasteiger partial charge in [-0.2, -0.15) is 5.10 Å². The summed E-state index contributed by atoms with van der Waals surface area (Å²) in [6.07, 6.45) is 2.23. The minimum atomic E-state index is -1.06. The summed E-state index contributed by atoms with van der Waals surface area (Å²) in [7, 11) is 5.39. The van der Waals surface area contributed by atoms with E-state index in [1.807, 2.05) is 18.2 Å². The SMILES string of the molecule is COc1c(OC2CCCN(C)C2)cccc1-c1cc(C(=O)O)nn1C. The number of para-hydroxylation sites is 1. The summed E-state index contributed by atoms with van der Waals surface area (Å²) in [5, 5.41) is 13.2. The molecule has 0 amide bonds. The smallest absolute Gasteiger partial charge is 0.356 e. The molecule has 1 aliphatic heterocycles. The molecule has 1 fully saturated rings. The van der Waals surface area contributed by atoms with Gasteiger partial charge < -0.3 is 19.5 Å². The Morgan fingerprint density at radius 3 is 2.80 bits per heavy atom. The van der Waals surface area contributed by atoms with E-state index >= 15 is 0 Å². The maximum absolute atomic E-state index is 11.2. The number of ether oxygens (including phenoxy) is 2. The number of carboxylic acids is 1. The zero-order valence-electron chi connectivity index (χ0n) is 14.7. The van der Waals surface area contributed by atoms with Gasteiger partial charge in [-0.15, -0.1) is 0 Å². The van der Waals surface area contributed by atoms with Crippen LogP contribution in [0, 0.1) is 0 Å². The van der Waals surface area contributed by atoms with Crippen LogP contribution in [-0.4, -0.2) is 59.1 Å². The monoisotopic (exact) mass is 345 g/mol. The number of piperidine rings is 1. The Morgan fingerprint density at radius 1 is 1.36 bits per heavy atom. The van der Waals surface area contributed by atoms with Crippen LogP contribution in [-0.2, 0) is 7.05 Å². The fourth-order valence-corrected chi connectivity index (χ4v) is 3.24. The lowest BCUT2D eigenvalue weighted by Gasteiger charge is -2.30. The van der Waals surface area contributed by atoms with E-state index in [1.165, 1.54) is 0 Å². The predicted molar refractivity (Wildman–Crippen MR) is 93.3 cm³/mol. The molecular formula is C18H23N3O4. The van der Waals surface area contributed by atoms with Gasteiger partial charge in [-0.3, -0.25) is 4.68 Å². The second-order valence-corrected chi connectivity index (χ2v) is 6.32. The van der Waals surface area contributed by atoms with E-state index < -0.39 is 5.97 Å². The van der Waals surface area contributed by atoms with Gasteiger partial charge in [0.05, 0.1) is 12.8 Å². The molecule has 2 heterocycles. The second kappa shape index (κ2) is 7.14. The maximum Gasteiger partial charge on any atom is 0.356 e. The van der Waals surface area contributed by atoms with Crippen LogP contribution in [0.15, 0.2) is 24.3 Å². The molecule has 0 saturated carbocycles. The standard InChI is InChI=1S/C18H23N3O4/c1-20-9-5-6-12(11-20)25-16-8-4-7-13(17(16)24-3)15-10-14(18(22)23)19-21(15)2/h4,7-8,10,12H,5-6,9,11H2,1-3H3,(H,22,23). The molecule has 134 valence electrons. The van der Waals surface area contributed by atoms with Gasteiger partial charge in [0, 0.05) is 19.2 Å². The zero-order valence-corrected chi connectivity index (χ0v) is 14.7. The highest BCUT2D eigenvalue weighted by molar-refractivity contribution is 5.87. The number of benzene rings is 1. The minimum absolute atomic E-state index is 0.000204. The molecule has 3 rings (SSSR count). The van der Waals surface area contributed by atoms with Gasteiger partial charge in [0.1, 0.15) is 6.10 Å². The van der Waals surface area contributed by atoms with Crippen molar-refractivity contribution >= 4 is 5.97 Å². The number of rotatable bonds is 5. The first-order valence-electron chi connectivity index (χ1n) is 8.29. The van der Waals surface area contributed by atoms with Crippen molar-refractivity contribution in [1.82, 2.24) is 14.7 Å². The summed E-state index contributed by atoms with van der Waals surface area (Å²) in [6, 6.07) is 7.18. The third-order valence-corrected chi connectivity index (χ3v) is 4.43. The second-order valence-electron chi connectivity index (χ2n) is 6.32. The van der Waals surface area contributed by atoms with E-state index in [0.29, 0.717) is 17.2 Å². The minimum Gasteiger partial charge on any atom is -0.492 e. The fraction of sp³-hybridized carbons (Fsp3) is 0.444. The van der Waals surface area contributed by atoms with Gasteiger partial charge in [-0.05, 0) is 44.6 Å². The van der Waals surface area contributed by atoms with E-state index in [2.05, 4.69) is 17.0 Å². The molecule has 7 nitrogen and oxygen atoms in total. The quantitative estimate of drug-likeness (QED) is 0.896. The summed E-state index contributed by atoms with van der Waals surface area (Å²) in [5.41, 5.74) is 1.42. The van der Waals surface area contributed by atoms with E-state index in [1.54, 1.807) is 24.9 Å². The molecule has 1 saturated heterocycles. The Morgan fingerprint density at radius 2 is 2.16 bits per heavy atom. The summed E-state index contributed by atoms with van der Waals surface area (Å²) in [5.74, 6) is 0.201. The maximum atomic E-state index is 11.2. The third-order valence-electron chi connectivity index (χ3n) is 4.43. The number of carboxylic acid groups (broad SMARTS) is 1. The normalized spacial score (nSPS) is 18.1. The summed E-state index contributed by atoms with van der Waals surface area (Å²) >= 11 is 0. The number of nitrogens with zero attached hydrogens (tertiary/aromatic N) is 3. The van der Waals surface area contributed by atoms with Gasteiger partial charge in [0.2, 0.25) is 0 Å². The van der Waals surface area contributed by atoms with Crippen LogP contribution in [0.25, 0.3) is 11.3 Å². The summed E-state index contributed by atoms with van der Waals surface area (Å²) in [6.45, 7) is 1.96. The predicted octanol–water partition coefficient (Wildman–Crippen LogP) is 2.27. The number of aromatic carboxylic acids is 1. The van der Waals surface area contributed by atoms with Crippen LogP contribution in [0.1, 0.15) is 23.3 Å². The Bertz CT molecular complexity index is 772. The van der Waals surface area contributed by atoms with Crippen molar-refractivity contribution in [2.45, 2.75) is 18.9 Å². The Kier molecular flexibility index (Phi) is 4.94. The van der Waals surface area contributed by atoms with Crippen molar-refractivity contribution < 1.29 is 19.4 Å². The number of hydrogen-bond acceptors (Lipinski definition) is 5. The van der Waals surface area contributed by atoms with Gasteiger partial charge in [0.15, 0.2) is 17.2 Å². The Balaban J connectivity index is 1.94. The van der Waals surface area contributed by atoms with Crippen molar-refractivity contribution in [1.29, 1.82) is 0 Å². The molecule has 1 N–H and O–H groups in total. The highest BCUT2D eigenvalue weighted by atomic mass is 16.5. The average molecular weight is 345 g/mol. The average Bonchev–Trinajstić information content (AvgIpc) is 2.96. The van der Waals surface area contributed by atoms with Gasteiger partial charge in [-0.25, -0.2) is 4.79 Å². The first kappa shape index (κ1) is 17.3. The molecule has 1 unspecified atom stereocenters. The van der Waals surface area contributed by atoms with Crippen LogP contribution in [0.5, 0.6) is 11.5 Å². The first-order valence-corrected chi connectivity index (χ1v) is 8.29. The molecule has 1 aromatic heterocycles. The van der Waals surface area contributed by atoms with Crippen LogP contribution < -0.4 is 9.47 Å². The first-order chi connectivity index (χ1) is 12.0. The summed E-state index contributed by atoms with van der Waals surface area (Å²) in [4.78, 5) is 13.4.